The number of carbonyl (C=O) groups excluding carboxylic acids is 1. The van der Waals surface area contributed by atoms with Gasteiger partial charge in [0, 0.05) is 10.7 Å². The van der Waals surface area contributed by atoms with Gasteiger partial charge in [0.2, 0.25) is 0 Å². The maximum absolute atomic E-state index is 12.1. The van der Waals surface area contributed by atoms with Crippen molar-refractivity contribution in [2.45, 2.75) is 0 Å². The van der Waals surface area contributed by atoms with Gasteiger partial charge >= 0.3 is 0 Å². The highest BCUT2D eigenvalue weighted by Gasteiger charge is 2.12. The third-order valence-corrected chi connectivity index (χ3v) is 3.84. The predicted octanol–water partition coefficient (Wildman–Crippen LogP) is 3.91. The lowest BCUT2D eigenvalue weighted by atomic mass is 10.2. The second-order valence-corrected chi connectivity index (χ2v) is 5.47. The van der Waals surface area contributed by atoms with E-state index in [2.05, 4.69) is 10.3 Å². The summed E-state index contributed by atoms with van der Waals surface area (Å²) < 4.78 is 1.05. The first kappa shape index (κ1) is 12.9. The Morgan fingerprint density at radius 1 is 1.25 bits per heavy atom. The van der Waals surface area contributed by atoms with Crippen molar-refractivity contribution in [3.8, 4) is 5.75 Å². The van der Waals surface area contributed by atoms with E-state index < -0.39 is 5.91 Å². The molecular weight excluding hydrogens is 296 g/mol. The normalized spacial score (nSPS) is 10.7. The number of benzene rings is 2. The molecule has 0 atom stereocenters. The summed E-state index contributed by atoms with van der Waals surface area (Å²) in [6.07, 6.45) is 0. The lowest BCUT2D eigenvalue weighted by molar-refractivity contribution is 0.102. The highest BCUT2D eigenvalue weighted by molar-refractivity contribution is 7.16. The molecule has 100 valence electrons. The monoisotopic (exact) mass is 304 g/mol. The minimum atomic E-state index is -0.417. The molecule has 0 fully saturated rings. The van der Waals surface area contributed by atoms with E-state index in [1.54, 1.807) is 17.6 Å². The highest BCUT2D eigenvalue weighted by Crippen LogP contribution is 2.25. The number of hydrogen-bond acceptors (Lipinski definition) is 4. The molecule has 0 unspecified atom stereocenters. The number of hydrogen-bond donors (Lipinski definition) is 2. The van der Waals surface area contributed by atoms with Crippen molar-refractivity contribution < 1.29 is 9.90 Å². The largest absolute Gasteiger partial charge is 0.507 e. The van der Waals surface area contributed by atoms with Crippen molar-refractivity contribution in [3.05, 3.63) is 52.5 Å². The summed E-state index contributed by atoms with van der Waals surface area (Å²) in [5.74, 6) is -0.527. The molecule has 2 N–H and O–H groups in total. The molecule has 20 heavy (non-hydrogen) atoms. The van der Waals surface area contributed by atoms with Crippen molar-refractivity contribution in [1.29, 1.82) is 0 Å². The number of fused-ring (bicyclic) bond motifs is 1. The van der Waals surface area contributed by atoms with Gasteiger partial charge in [-0.15, -0.1) is 11.3 Å². The fourth-order valence-corrected chi connectivity index (χ4v) is 2.66. The van der Waals surface area contributed by atoms with E-state index >= 15 is 0 Å². The van der Waals surface area contributed by atoms with E-state index in [4.69, 9.17) is 11.6 Å². The summed E-state index contributed by atoms with van der Waals surface area (Å²) in [5.41, 5.74) is 3.32. The molecule has 3 aromatic rings. The van der Waals surface area contributed by atoms with Gasteiger partial charge in [0.1, 0.15) is 5.75 Å². The quantitative estimate of drug-likeness (QED) is 0.754. The number of amides is 1. The van der Waals surface area contributed by atoms with E-state index in [0.29, 0.717) is 10.7 Å². The number of aromatic hydroxyl groups is 1. The van der Waals surface area contributed by atoms with Gasteiger partial charge in [-0.25, -0.2) is 4.98 Å². The number of anilines is 1. The lowest BCUT2D eigenvalue weighted by Crippen LogP contribution is -2.12. The second kappa shape index (κ2) is 5.11. The first-order chi connectivity index (χ1) is 9.63. The third-order valence-electron chi connectivity index (χ3n) is 2.79. The van der Waals surface area contributed by atoms with Gasteiger partial charge in [0.05, 0.1) is 21.3 Å². The van der Waals surface area contributed by atoms with Crippen LogP contribution in [0.15, 0.2) is 41.9 Å². The van der Waals surface area contributed by atoms with Gasteiger partial charge in [-0.3, -0.25) is 4.79 Å². The highest BCUT2D eigenvalue weighted by atomic mass is 35.5. The average Bonchev–Trinajstić information content (AvgIpc) is 2.89. The minimum absolute atomic E-state index is 0.110. The van der Waals surface area contributed by atoms with E-state index in [1.807, 2.05) is 6.07 Å². The van der Waals surface area contributed by atoms with Gasteiger partial charge in [-0.2, -0.15) is 0 Å². The zero-order chi connectivity index (χ0) is 14.1. The molecule has 0 radical (unpaired) electrons. The molecule has 1 heterocycles. The van der Waals surface area contributed by atoms with Gasteiger partial charge in [0.15, 0.2) is 0 Å². The van der Waals surface area contributed by atoms with Gasteiger partial charge in [0.25, 0.3) is 5.91 Å². The van der Waals surface area contributed by atoms with Crippen LogP contribution < -0.4 is 5.32 Å². The minimum Gasteiger partial charge on any atom is -0.507 e. The summed E-state index contributed by atoms with van der Waals surface area (Å²) in [6.45, 7) is 0. The SMILES string of the molecule is O=C(Nc1ccc2scnc2c1)c1cc(Cl)ccc1O. The number of aromatic nitrogens is 1. The molecule has 0 spiro atoms. The number of nitrogens with one attached hydrogen (secondary N) is 1. The Labute approximate surface area is 123 Å². The fraction of sp³-hybridized carbons (Fsp3) is 0. The van der Waals surface area contributed by atoms with Crippen molar-refractivity contribution in [2.75, 3.05) is 5.32 Å². The Hall–Kier alpha value is -2.11. The standard InChI is InChI=1S/C14H9ClN2O2S/c15-8-1-3-12(18)10(5-8)14(19)17-9-2-4-13-11(6-9)16-7-20-13/h1-7,18H,(H,17,19). The number of carbonyl (C=O) groups is 1. The zero-order valence-electron chi connectivity index (χ0n) is 10.1. The summed E-state index contributed by atoms with van der Waals surface area (Å²) >= 11 is 7.36. The maximum atomic E-state index is 12.1. The Morgan fingerprint density at radius 3 is 2.95 bits per heavy atom. The van der Waals surface area contributed by atoms with Gasteiger partial charge in [-0.05, 0) is 36.4 Å². The molecule has 3 rings (SSSR count). The maximum Gasteiger partial charge on any atom is 0.259 e. The number of thiazole rings is 1. The molecule has 0 aliphatic heterocycles. The Balaban J connectivity index is 1.89. The number of halogens is 1. The summed E-state index contributed by atoms with van der Waals surface area (Å²) in [7, 11) is 0. The first-order valence-corrected chi connectivity index (χ1v) is 7.02. The molecule has 4 nitrogen and oxygen atoms in total. The van der Waals surface area contributed by atoms with Crippen LogP contribution in [-0.4, -0.2) is 16.0 Å². The molecular formula is C14H9ClN2O2S. The first-order valence-electron chi connectivity index (χ1n) is 5.76. The van der Waals surface area contributed by atoms with Crippen LogP contribution in [0, 0.1) is 0 Å². The number of phenolic OH excluding ortho intramolecular Hbond substituents is 1. The number of rotatable bonds is 2. The molecule has 0 saturated carbocycles. The van der Waals surface area contributed by atoms with Crippen molar-refractivity contribution in [2.24, 2.45) is 0 Å². The molecule has 1 amide bonds. The molecule has 0 aliphatic carbocycles. The van der Waals surface area contributed by atoms with Gasteiger partial charge < -0.3 is 10.4 Å². The van der Waals surface area contributed by atoms with Crippen LogP contribution in [-0.2, 0) is 0 Å². The molecule has 2 aromatic carbocycles. The molecule has 0 aliphatic rings. The van der Waals surface area contributed by atoms with Crippen LogP contribution in [0.4, 0.5) is 5.69 Å². The number of nitrogens with zero attached hydrogens (tertiary/aromatic N) is 1. The summed E-state index contributed by atoms with van der Waals surface area (Å²) in [5, 5.41) is 12.8. The van der Waals surface area contributed by atoms with Crippen LogP contribution in [0.2, 0.25) is 5.02 Å². The lowest BCUT2D eigenvalue weighted by Gasteiger charge is -2.07. The number of phenols is 1. The van der Waals surface area contributed by atoms with E-state index in [1.165, 1.54) is 29.5 Å². The average molecular weight is 305 g/mol. The van der Waals surface area contributed by atoms with Crippen LogP contribution in [0.3, 0.4) is 0 Å². The Morgan fingerprint density at radius 2 is 2.10 bits per heavy atom. The van der Waals surface area contributed by atoms with E-state index in [0.717, 1.165) is 10.2 Å². The van der Waals surface area contributed by atoms with E-state index in [9.17, 15) is 9.90 Å². The summed E-state index contributed by atoms with van der Waals surface area (Å²) in [4.78, 5) is 16.3. The van der Waals surface area contributed by atoms with Crippen molar-refractivity contribution in [3.63, 3.8) is 0 Å². The molecule has 1 aromatic heterocycles. The van der Waals surface area contributed by atoms with Crippen LogP contribution in [0.5, 0.6) is 5.75 Å². The molecule has 0 bridgehead atoms. The van der Waals surface area contributed by atoms with Crippen molar-refractivity contribution in [1.82, 2.24) is 4.98 Å². The topological polar surface area (TPSA) is 62.2 Å². The molecule has 0 saturated heterocycles. The molecule has 6 heteroatoms. The fourth-order valence-electron chi connectivity index (χ4n) is 1.82. The van der Waals surface area contributed by atoms with Crippen molar-refractivity contribution >= 4 is 44.7 Å². The Bertz CT molecular complexity index is 801. The summed E-state index contributed by atoms with van der Waals surface area (Å²) in [6, 6.07) is 9.80. The second-order valence-electron chi connectivity index (χ2n) is 4.15. The zero-order valence-corrected chi connectivity index (χ0v) is 11.7. The van der Waals surface area contributed by atoms with Crippen LogP contribution in [0.1, 0.15) is 10.4 Å². The third kappa shape index (κ3) is 2.45. The Kier molecular flexibility index (Phi) is 3.30. The van der Waals surface area contributed by atoms with Gasteiger partial charge in [-0.1, -0.05) is 11.6 Å². The van der Waals surface area contributed by atoms with Crippen LogP contribution in [0.25, 0.3) is 10.2 Å². The van der Waals surface area contributed by atoms with Crippen LogP contribution >= 0.6 is 22.9 Å². The predicted molar refractivity (Wildman–Crippen MR) is 80.7 cm³/mol. The smallest absolute Gasteiger partial charge is 0.259 e. The van der Waals surface area contributed by atoms with E-state index in [-0.39, 0.29) is 11.3 Å².